The highest BCUT2D eigenvalue weighted by atomic mass is 35.5. The van der Waals surface area contributed by atoms with E-state index in [-0.39, 0.29) is 29.7 Å². The SMILES string of the molecule is O=C(NCCC1CCC1)c1ccc(N2CCN(C(=O)c3cc(Cl)ccc3C(F)(F)F)CC2)nn1. The minimum atomic E-state index is -4.65. The predicted molar refractivity (Wildman–Crippen MR) is 121 cm³/mol. The summed E-state index contributed by atoms with van der Waals surface area (Å²) in [5.41, 5.74) is -1.23. The van der Waals surface area contributed by atoms with E-state index in [1.54, 1.807) is 12.1 Å². The topological polar surface area (TPSA) is 78.4 Å². The van der Waals surface area contributed by atoms with Crippen LogP contribution < -0.4 is 10.2 Å². The molecule has 2 fully saturated rings. The molecule has 1 saturated heterocycles. The van der Waals surface area contributed by atoms with E-state index < -0.39 is 23.2 Å². The van der Waals surface area contributed by atoms with E-state index in [0.29, 0.717) is 31.4 Å². The molecule has 1 aromatic heterocycles. The second kappa shape index (κ2) is 10.2. The van der Waals surface area contributed by atoms with Crippen LogP contribution in [-0.4, -0.2) is 59.6 Å². The predicted octanol–water partition coefficient (Wildman–Crippen LogP) is 4.03. The van der Waals surface area contributed by atoms with Crippen LogP contribution in [-0.2, 0) is 6.18 Å². The maximum atomic E-state index is 13.3. The van der Waals surface area contributed by atoms with Crippen LogP contribution in [0.15, 0.2) is 30.3 Å². The van der Waals surface area contributed by atoms with E-state index in [0.717, 1.165) is 24.6 Å². The van der Waals surface area contributed by atoms with Crippen LogP contribution in [0.3, 0.4) is 0 Å². The van der Waals surface area contributed by atoms with Crippen molar-refractivity contribution in [3.8, 4) is 0 Å². The second-order valence-electron chi connectivity index (χ2n) is 8.59. The zero-order valence-electron chi connectivity index (χ0n) is 18.4. The lowest BCUT2D eigenvalue weighted by Crippen LogP contribution is -2.49. The molecule has 2 amide bonds. The fourth-order valence-corrected chi connectivity index (χ4v) is 4.30. The van der Waals surface area contributed by atoms with Crippen LogP contribution in [0.1, 0.15) is 52.1 Å². The quantitative estimate of drug-likeness (QED) is 0.654. The molecule has 1 aliphatic heterocycles. The van der Waals surface area contributed by atoms with Crippen molar-refractivity contribution in [2.24, 2.45) is 5.92 Å². The maximum absolute atomic E-state index is 13.3. The molecule has 0 spiro atoms. The van der Waals surface area contributed by atoms with Gasteiger partial charge in [0, 0.05) is 37.7 Å². The van der Waals surface area contributed by atoms with Gasteiger partial charge >= 0.3 is 6.18 Å². The number of alkyl halides is 3. The zero-order valence-corrected chi connectivity index (χ0v) is 19.2. The van der Waals surface area contributed by atoms with Gasteiger partial charge in [0.2, 0.25) is 0 Å². The molecule has 1 saturated carbocycles. The van der Waals surface area contributed by atoms with E-state index in [1.807, 2.05) is 4.90 Å². The van der Waals surface area contributed by atoms with Crippen LogP contribution in [0.25, 0.3) is 0 Å². The van der Waals surface area contributed by atoms with Crippen molar-refractivity contribution in [2.45, 2.75) is 31.9 Å². The van der Waals surface area contributed by atoms with Gasteiger partial charge in [-0.3, -0.25) is 9.59 Å². The minimum Gasteiger partial charge on any atom is -0.352 e. The largest absolute Gasteiger partial charge is 0.417 e. The average molecular weight is 496 g/mol. The molecule has 0 bridgehead atoms. The first kappa shape index (κ1) is 24.3. The smallest absolute Gasteiger partial charge is 0.352 e. The van der Waals surface area contributed by atoms with Crippen molar-refractivity contribution in [3.05, 3.63) is 52.2 Å². The molecule has 2 aliphatic rings. The summed E-state index contributed by atoms with van der Waals surface area (Å²) in [6, 6.07) is 6.28. The number of rotatable bonds is 6. The van der Waals surface area contributed by atoms with Gasteiger partial charge in [-0.1, -0.05) is 30.9 Å². The number of nitrogens with zero attached hydrogens (tertiary/aromatic N) is 4. The third kappa shape index (κ3) is 5.60. The third-order valence-corrected chi connectivity index (χ3v) is 6.59. The Kier molecular flexibility index (Phi) is 7.25. The fraction of sp³-hybridized carbons (Fsp3) is 0.478. The number of halogens is 4. The average Bonchev–Trinajstić information content (AvgIpc) is 2.79. The van der Waals surface area contributed by atoms with Crippen LogP contribution in [0.5, 0.6) is 0 Å². The van der Waals surface area contributed by atoms with Crippen molar-refractivity contribution < 1.29 is 22.8 Å². The second-order valence-corrected chi connectivity index (χ2v) is 9.02. The summed E-state index contributed by atoms with van der Waals surface area (Å²) in [5.74, 6) is 0.264. The molecule has 7 nitrogen and oxygen atoms in total. The Bertz CT molecular complexity index is 1040. The van der Waals surface area contributed by atoms with E-state index in [2.05, 4.69) is 15.5 Å². The molecule has 0 atom stereocenters. The normalized spacial score (nSPS) is 16.8. The molecule has 34 heavy (non-hydrogen) atoms. The minimum absolute atomic E-state index is 0.0671. The Balaban J connectivity index is 1.33. The number of aromatic nitrogens is 2. The highest BCUT2D eigenvalue weighted by molar-refractivity contribution is 6.31. The zero-order chi connectivity index (χ0) is 24.3. The fourth-order valence-electron chi connectivity index (χ4n) is 4.13. The molecule has 2 aromatic rings. The van der Waals surface area contributed by atoms with Gasteiger partial charge in [-0.25, -0.2) is 0 Å². The summed E-state index contributed by atoms with van der Waals surface area (Å²) in [4.78, 5) is 28.3. The molecule has 1 N–H and O–H groups in total. The molecular formula is C23H25ClF3N5O2. The molecule has 0 radical (unpaired) electrons. The van der Waals surface area contributed by atoms with E-state index in [1.165, 1.54) is 24.2 Å². The van der Waals surface area contributed by atoms with Gasteiger partial charge in [0.15, 0.2) is 11.5 Å². The lowest BCUT2D eigenvalue weighted by Gasteiger charge is -2.35. The van der Waals surface area contributed by atoms with Crippen LogP contribution in [0.2, 0.25) is 5.02 Å². The first-order valence-electron chi connectivity index (χ1n) is 11.3. The van der Waals surface area contributed by atoms with Gasteiger partial charge in [0.1, 0.15) is 0 Å². The Hall–Kier alpha value is -2.88. The number of piperazine rings is 1. The molecule has 0 unspecified atom stereocenters. The number of anilines is 1. The summed E-state index contributed by atoms with van der Waals surface area (Å²) in [5, 5.41) is 11.1. The molecule has 1 aromatic carbocycles. The van der Waals surface area contributed by atoms with Crippen molar-refractivity contribution in [1.29, 1.82) is 0 Å². The Morgan fingerprint density at radius 2 is 1.79 bits per heavy atom. The van der Waals surface area contributed by atoms with Crippen molar-refractivity contribution in [1.82, 2.24) is 20.4 Å². The Morgan fingerprint density at radius 3 is 2.38 bits per heavy atom. The van der Waals surface area contributed by atoms with Crippen molar-refractivity contribution >= 4 is 29.2 Å². The van der Waals surface area contributed by atoms with Gasteiger partial charge in [0.25, 0.3) is 11.8 Å². The monoisotopic (exact) mass is 495 g/mol. The maximum Gasteiger partial charge on any atom is 0.417 e. The molecule has 11 heteroatoms. The number of carbonyl (C=O) groups excluding carboxylic acids is 2. The van der Waals surface area contributed by atoms with Crippen molar-refractivity contribution in [3.63, 3.8) is 0 Å². The van der Waals surface area contributed by atoms with Crippen LogP contribution in [0.4, 0.5) is 19.0 Å². The van der Waals surface area contributed by atoms with Gasteiger partial charge in [-0.05, 0) is 42.7 Å². The van der Waals surface area contributed by atoms with E-state index in [4.69, 9.17) is 11.6 Å². The van der Waals surface area contributed by atoms with E-state index in [9.17, 15) is 22.8 Å². The van der Waals surface area contributed by atoms with Crippen molar-refractivity contribution in [2.75, 3.05) is 37.6 Å². The van der Waals surface area contributed by atoms with Gasteiger partial charge in [-0.15, -0.1) is 10.2 Å². The number of hydrogen-bond acceptors (Lipinski definition) is 5. The molecule has 4 rings (SSSR count). The highest BCUT2D eigenvalue weighted by Crippen LogP contribution is 2.34. The molecule has 1 aliphatic carbocycles. The van der Waals surface area contributed by atoms with E-state index >= 15 is 0 Å². The molecular weight excluding hydrogens is 471 g/mol. The number of hydrogen-bond donors (Lipinski definition) is 1. The van der Waals surface area contributed by atoms with Gasteiger partial charge < -0.3 is 15.1 Å². The number of benzene rings is 1. The highest BCUT2D eigenvalue weighted by Gasteiger charge is 2.37. The number of nitrogens with one attached hydrogen (secondary N) is 1. The third-order valence-electron chi connectivity index (χ3n) is 6.35. The summed E-state index contributed by atoms with van der Waals surface area (Å²) in [6.07, 6.45) is 0.0406. The summed E-state index contributed by atoms with van der Waals surface area (Å²) >= 11 is 5.85. The lowest BCUT2D eigenvalue weighted by molar-refractivity contribution is -0.138. The van der Waals surface area contributed by atoms with Crippen LogP contribution >= 0.6 is 11.6 Å². The van der Waals surface area contributed by atoms with Gasteiger partial charge in [0.05, 0.1) is 11.1 Å². The lowest BCUT2D eigenvalue weighted by atomic mass is 9.83. The molecule has 182 valence electrons. The summed E-state index contributed by atoms with van der Waals surface area (Å²) in [7, 11) is 0. The number of carbonyl (C=O) groups is 2. The summed E-state index contributed by atoms with van der Waals surface area (Å²) in [6.45, 7) is 1.79. The summed E-state index contributed by atoms with van der Waals surface area (Å²) < 4.78 is 40.0. The first-order valence-corrected chi connectivity index (χ1v) is 11.6. The standard InChI is InChI=1S/C23H25ClF3N5O2/c24-16-4-5-18(23(25,26)27)17(14-16)22(34)32-12-10-31(11-13-32)20-7-6-19(29-30-20)21(33)28-9-8-15-2-1-3-15/h4-7,14-15H,1-3,8-13H2,(H,28,33). The first-order chi connectivity index (χ1) is 16.2. The number of amides is 2. The molecule has 2 heterocycles. The van der Waals surface area contributed by atoms with Crippen LogP contribution in [0, 0.1) is 5.92 Å². The Labute approximate surface area is 200 Å². The Morgan fingerprint density at radius 1 is 1.06 bits per heavy atom. The van der Waals surface area contributed by atoms with Gasteiger partial charge in [-0.2, -0.15) is 13.2 Å².